The number of methoxy groups -OCH3 is 1. The van der Waals surface area contributed by atoms with Crippen LogP contribution in [0.3, 0.4) is 0 Å². The monoisotopic (exact) mass is 318 g/mol. The number of nitrogens with one attached hydrogen (secondary N) is 2. The van der Waals surface area contributed by atoms with Crippen molar-refractivity contribution in [2.45, 2.75) is 25.4 Å². The summed E-state index contributed by atoms with van der Waals surface area (Å²) in [5.74, 6) is -0.0360. The summed E-state index contributed by atoms with van der Waals surface area (Å²) >= 11 is 0. The third-order valence-corrected chi connectivity index (χ3v) is 4.98. The lowest BCUT2D eigenvalue weighted by Gasteiger charge is -2.37. The van der Waals surface area contributed by atoms with Gasteiger partial charge in [0, 0.05) is 19.1 Å². The lowest BCUT2D eigenvalue weighted by molar-refractivity contribution is -0.135. The molecule has 1 fully saturated rings. The molecule has 2 aliphatic rings. The van der Waals surface area contributed by atoms with Crippen LogP contribution in [0.15, 0.2) is 24.3 Å². The van der Waals surface area contributed by atoms with Crippen molar-refractivity contribution < 1.29 is 14.3 Å². The Bertz CT molecular complexity index is 535. The Balaban J connectivity index is 1.65. The Morgan fingerprint density at radius 3 is 2.96 bits per heavy atom. The van der Waals surface area contributed by atoms with Gasteiger partial charge in [0.15, 0.2) is 6.10 Å². The first-order valence-corrected chi connectivity index (χ1v) is 8.41. The van der Waals surface area contributed by atoms with Gasteiger partial charge in [0.25, 0.3) is 5.91 Å². The maximum absolute atomic E-state index is 12.7. The molecule has 0 spiro atoms. The van der Waals surface area contributed by atoms with Gasteiger partial charge in [-0.2, -0.15) is 0 Å². The normalized spacial score (nSPS) is 23.1. The van der Waals surface area contributed by atoms with Gasteiger partial charge in [-0.25, -0.2) is 0 Å². The fourth-order valence-corrected chi connectivity index (χ4v) is 3.61. The van der Waals surface area contributed by atoms with Crippen molar-refractivity contribution in [3.05, 3.63) is 35.4 Å². The highest BCUT2D eigenvalue weighted by Crippen LogP contribution is 2.30. The van der Waals surface area contributed by atoms with Crippen molar-refractivity contribution in [3.63, 3.8) is 0 Å². The average molecular weight is 318 g/mol. The Labute approximate surface area is 137 Å². The van der Waals surface area contributed by atoms with Crippen molar-refractivity contribution in [1.29, 1.82) is 0 Å². The summed E-state index contributed by atoms with van der Waals surface area (Å²) in [7, 11) is 1.73. The van der Waals surface area contributed by atoms with E-state index >= 15 is 0 Å². The van der Waals surface area contributed by atoms with Gasteiger partial charge in [-0.05, 0) is 43.5 Å². The first-order valence-electron chi connectivity index (χ1n) is 8.41. The van der Waals surface area contributed by atoms with Crippen molar-refractivity contribution in [1.82, 2.24) is 10.6 Å². The molecule has 5 heteroatoms. The van der Waals surface area contributed by atoms with Crippen LogP contribution < -0.4 is 10.6 Å². The number of benzene rings is 1. The Kier molecular flexibility index (Phi) is 5.30. The minimum absolute atomic E-state index is 0.0316. The average Bonchev–Trinajstić information content (AvgIpc) is 2.60. The third kappa shape index (κ3) is 3.74. The van der Waals surface area contributed by atoms with Crippen molar-refractivity contribution >= 4 is 5.91 Å². The number of carbonyl (C=O) groups is 1. The molecule has 5 nitrogen and oxygen atoms in total. The number of hydrogen-bond donors (Lipinski definition) is 2. The van der Waals surface area contributed by atoms with Crippen LogP contribution in [0.25, 0.3) is 0 Å². The van der Waals surface area contributed by atoms with Crippen LogP contribution in [0.2, 0.25) is 0 Å². The molecule has 1 saturated heterocycles. The lowest BCUT2D eigenvalue weighted by Crippen LogP contribution is -2.48. The van der Waals surface area contributed by atoms with Crippen molar-refractivity contribution in [2.24, 2.45) is 5.41 Å². The molecular weight excluding hydrogens is 292 g/mol. The van der Waals surface area contributed by atoms with Crippen LogP contribution in [0, 0.1) is 5.41 Å². The van der Waals surface area contributed by atoms with E-state index in [0.717, 1.165) is 37.9 Å². The minimum atomic E-state index is -0.485. The van der Waals surface area contributed by atoms with Gasteiger partial charge in [-0.1, -0.05) is 24.3 Å². The quantitative estimate of drug-likeness (QED) is 0.862. The molecule has 2 N–H and O–H groups in total. The number of fused-ring (bicyclic) bond motifs is 1. The number of hydrogen-bond acceptors (Lipinski definition) is 4. The Morgan fingerprint density at radius 1 is 1.39 bits per heavy atom. The van der Waals surface area contributed by atoms with Crippen molar-refractivity contribution in [3.8, 4) is 0 Å². The largest absolute Gasteiger partial charge is 0.384 e. The second-order valence-electron chi connectivity index (χ2n) is 6.60. The second-order valence-corrected chi connectivity index (χ2v) is 6.60. The molecule has 0 saturated carbocycles. The number of amides is 1. The topological polar surface area (TPSA) is 59.6 Å². The van der Waals surface area contributed by atoms with Gasteiger partial charge in [-0.15, -0.1) is 0 Å². The molecule has 23 heavy (non-hydrogen) atoms. The van der Waals surface area contributed by atoms with E-state index in [2.05, 4.69) is 16.7 Å². The molecule has 0 aromatic heterocycles. The highest BCUT2D eigenvalue weighted by atomic mass is 16.5. The van der Waals surface area contributed by atoms with Crippen molar-refractivity contribution in [2.75, 3.05) is 40.0 Å². The van der Waals surface area contributed by atoms with E-state index in [1.807, 2.05) is 18.2 Å². The first kappa shape index (κ1) is 16.4. The van der Waals surface area contributed by atoms with E-state index in [1.54, 1.807) is 7.11 Å². The predicted octanol–water partition coefficient (Wildman–Crippen LogP) is 1.43. The summed E-state index contributed by atoms with van der Waals surface area (Å²) in [4.78, 5) is 12.7. The van der Waals surface area contributed by atoms with Gasteiger partial charge >= 0.3 is 0 Å². The number of carbonyl (C=O) groups excluding carboxylic acids is 1. The smallest absolute Gasteiger partial charge is 0.253 e. The van der Waals surface area contributed by atoms with Crippen LogP contribution >= 0.6 is 0 Å². The van der Waals surface area contributed by atoms with Crippen LogP contribution in [0.4, 0.5) is 0 Å². The maximum Gasteiger partial charge on any atom is 0.253 e. The number of rotatable bonds is 5. The van der Waals surface area contributed by atoms with Gasteiger partial charge in [0.1, 0.15) is 0 Å². The molecular formula is C18H26N2O3. The summed E-state index contributed by atoms with van der Waals surface area (Å²) < 4.78 is 11.2. The van der Waals surface area contributed by atoms with Crippen LogP contribution in [-0.2, 0) is 20.7 Å². The molecule has 1 atom stereocenters. The second kappa shape index (κ2) is 7.43. The number of piperidine rings is 1. The minimum Gasteiger partial charge on any atom is -0.384 e. The summed E-state index contributed by atoms with van der Waals surface area (Å²) in [6, 6.07) is 8.06. The molecule has 1 aromatic carbocycles. The zero-order valence-electron chi connectivity index (χ0n) is 13.8. The van der Waals surface area contributed by atoms with E-state index in [-0.39, 0.29) is 11.3 Å². The molecule has 0 radical (unpaired) electrons. The zero-order chi connectivity index (χ0) is 16.1. The summed E-state index contributed by atoms with van der Waals surface area (Å²) in [6.07, 6.45) is 2.42. The molecule has 2 aliphatic heterocycles. The molecule has 2 heterocycles. The summed E-state index contributed by atoms with van der Waals surface area (Å²) in [6.45, 7) is 3.87. The summed E-state index contributed by atoms with van der Waals surface area (Å²) in [5, 5.41) is 6.49. The zero-order valence-corrected chi connectivity index (χ0v) is 13.8. The van der Waals surface area contributed by atoms with E-state index < -0.39 is 6.10 Å². The SMILES string of the molecule is COCC1(CNC(=O)C2OCCc3ccccc32)CCNCC1. The van der Waals surface area contributed by atoms with Crippen LogP contribution in [0.5, 0.6) is 0 Å². The molecule has 1 amide bonds. The molecule has 3 rings (SSSR count). The van der Waals surface area contributed by atoms with Crippen LogP contribution in [-0.4, -0.2) is 45.9 Å². The molecule has 1 unspecified atom stereocenters. The molecule has 0 aliphatic carbocycles. The maximum atomic E-state index is 12.7. The fourth-order valence-electron chi connectivity index (χ4n) is 3.61. The van der Waals surface area contributed by atoms with Gasteiger partial charge in [0.2, 0.25) is 0 Å². The molecule has 0 bridgehead atoms. The standard InChI is InChI=1S/C18H26N2O3/c1-22-13-18(7-9-19-10-8-18)12-20-17(21)16-15-5-3-2-4-14(15)6-11-23-16/h2-5,16,19H,6-13H2,1H3,(H,20,21). The van der Waals surface area contributed by atoms with E-state index in [4.69, 9.17) is 9.47 Å². The van der Waals surface area contributed by atoms with Gasteiger partial charge < -0.3 is 20.1 Å². The lowest BCUT2D eigenvalue weighted by atomic mass is 9.79. The van der Waals surface area contributed by atoms with Crippen LogP contribution in [0.1, 0.15) is 30.1 Å². The molecule has 126 valence electrons. The molecule has 1 aromatic rings. The Morgan fingerprint density at radius 2 is 2.17 bits per heavy atom. The first-order chi connectivity index (χ1) is 11.2. The summed E-state index contributed by atoms with van der Waals surface area (Å²) in [5.41, 5.74) is 2.25. The fraction of sp³-hybridized carbons (Fsp3) is 0.611. The van der Waals surface area contributed by atoms with Gasteiger partial charge in [0.05, 0.1) is 13.2 Å². The third-order valence-electron chi connectivity index (χ3n) is 4.98. The predicted molar refractivity (Wildman–Crippen MR) is 88.3 cm³/mol. The highest BCUT2D eigenvalue weighted by molar-refractivity contribution is 5.82. The highest BCUT2D eigenvalue weighted by Gasteiger charge is 2.34. The van der Waals surface area contributed by atoms with E-state index in [0.29, 0.717) is 19.8 Å². The Hall–Kier alpha value is -1.43. The van der Waals surface area contributed by atoms with E-state index in [1.165, 1.54) is 5.56 Å². The van der Waals surface area contributed by atoms with E-state index in [9.17, 15) is 4.79 Å². The van der Waals surface area contributed by atoms with Gasteiger partial charge in [-0.3, -0.25) is 4.79 Å². The number of ether oxygens (including phenoxy) is 2.